The molecule has 0 unspecified atom stereocenters. The van der Waals surface area contributed by atoms with Crippen LogP contribution in [0, 0.1) is 6.92 Å². The molecule has 0 radical (unpaired) electrons. The summed E-state index contributed by atoms with van der Waals surface area (Å²) in [6.45, 7) is 2.06. The van der Waals surface area contributed by atoms with E-state index in [9.17, 15) is 9.59 Å². The highest BCUT2D eigenvalue weighted by Crippen LogP contribution is 2.27. The van der Waals surface area contributed by atoms with Crippen molar-refractivity contribution in [3.63, 3.8) is 0 Å². The SMILES string of the molecule is Cc1ccc(-c2ccc3[nH]cc(CC(=O)Nc4ccc(C(=O)NO)cc4)c3c2)cc1. The summed E-state index contributed by atoms with van der Waals surface area (Å²) < 4.78 is 0. The Labute approximate surface area is 173 Å². The Balaban J connectivity index is 1.51. The van der Waals surface area contributed by atoms with E-state index in [1.54, 1.807) is 17.6 Å². The molecular formula is C24H21N3O3. The van der Waals surface area contributed by atoms with E-state index in [1.165, 1.54) is 17.7 Å². The molecule has 0 spiro atoms. The van der Waals surface area contributed by atoms with Gasteiger partial charge in [-0.05, 0) is 60.0 Å². The number of carbonyl (C=O) groups is 2. The number of carbonyl (C=O) groups excluding carboxylic acids is 2. The van der Waals surface area contributed by atoms with Gasteiger partial charge in [-0.3, -0.25) is 14.8 Å². The Hall–Kier alpha value is -3.90. The zero-order chi connectivity index (χ0) is 21.1. The average molecular weight is 399 g/mol. The van der Waals surface area contributed by atoms with Crippen LogP contribution in [-0.4, -0.2) is 22.0 Å². The Bertz CT molecular complexity index is 1210. The molecule has 30 heavy (non-hydrogen) atoms. The van der Waals surface area contributed by atoms with E-state index in [-0.39, 0.29) is 12.3 Å². The Morgan fingerprint density at radius 2 is 1.63 bits per heavy atom. The van der Waals surface area contributed by atoms with Crippen molar-refractivity contribution in [2.75, 3.05) is 5.32 Å². The number of aryl methyl sites for hydroxylation is 1. The van der Waals surface area contributed by atoms with Crippen LogP contribution in [0.15, 0.2) is 72.9 Å². The number of aromatic amines is 1. The van der Waals surface area contributed by atoms with Crippen LogP contribution in [0.4, 0.5) is 5.69 Å². The summed E-state index contributed by atoms with van der Waals surface area (Å²) in [7, 11) is 0. The number of anilines is 1. The normalized spacial score (nSPS) is 10.7. The van der Waals surface area contributed by atoms with Crippen molar-refractivity contribution >= 4 is 28.4 Å². The second-order valence-corrected chi connectivity index (χ2v) is 7.18. The lowest BCUT2D eigenvalue weighted by Gasteiger charge is -2.07. The van der Waals surface area contributed by atoms with Crippen molar-refractivity contribution in [1.82, 2.24) is 10.5 Å². The van der Waals surface area contributed by atoms with Gasteiger partial charge in [-0.15, -0.1) is 0 Å². The molecule has 6 nitrogen and oxygen atoms in total. The first-order chi connectivity index (χ1) is 14.5. The van der Waals surface area contributed by atoms with Crippen LogP contribution < -0.4 is 10.8 Å². The van der Waals surface area contributed by atoms with Gasteiger partial charge in [0.05, 0.1) is 6.42 Å². The molecule has 1 aromatic heterocycles. The number of benzene rings is 3. The number of nitrogens with one attached hydrogen (secondary N) is 3. The van der Waals surface area contributed by atoms with E-state index in [0.29, 0.717) is 11.3 Å². The monoisotopic (exact) mass is 399 g/mol. The van der Waals surface area contributed by atoms with Crippen LogP contribution in [0.2, 0.25) is 0 Å². The fourth-order valence-electron chi connectivity index (χ4n) is 3.40. The maximum atomic E-state index is 12.5. The number of hydrogen-bond acceptors (Lipinski definition) is 3. The molecular weight excluding hydrogens is 378 g/mol. The summed E-state index contributed by atoms with van der Waals surface area (Å²) in [5.41, 5.74) is 7.79. The van der Waals surface area contributed by atoms with Crippen molar-refractivity contribution in [1.29, 1.82) is 0 Å². The van der Waals surface area contributed by atoms with E-state index in [2.05, 4.69) is 53.6 Å². The maximum Gasteiger partial charge on any atom is 0.274 e. The lowest BCUT2D eigenvalue weighted by atomic mass is 10.0. The Kier molecular flexibility index (Phi) is 5.32. The summed E-state index contributed by atoms with van der Waals surface area (Å²) in [5, 5.41) is 12.5. The highest BCUT2D eigenvalue weighted by atomic mass is 16.5. The lowest BCUT2D eigenvalue weighted by Crippen LogP contribution is -2.18. The summed E-state index contributed by atoms with van der Waals surface area (Å²) >= 11 is 0. The largest absolute Gasteiger partial charge is 0.361 e. The van der Waals surface area contributed by atoms with Crippen molar-refractivity contribution in [3.05, 3.63) is 89.6 Å². The molecule has 0 atom stereocenters. The van der Waals surface area contributed by atoms with E-state index in [4.69, 9.17) is 5.21 Å². The van der Waals surface area contributed by atoms with Gasteiger partial charge in [0.1, 0.15) is 0 Å². The number of hydrogen-bond donors (Lipinski definition) is 4. The Morgan fingerprint density at radius 1 is 0.933 bits per heavy atom. The van der Waals surface area contributed by atoms with Gasteiger partial charge < -0.3 is 10.3 Å². The smallest absolute Gasteiger partial charge is 0.274 e. The maximum absolute atomic E-state index is 12.5. The molecule has 1 heterocycles. The summed E-state index contributed by atoms with van der Waals surface area (Å²) in [4.78, 5) is 27.1. The van der Waals surface area contributed by atoms with E-state index >= 15 is 0 Å². The lowest BCUT2D eigenvalue weighted by molar-refractivity contribution is -0.115. The van der Waals surface area contributed by atoms with Gasteiger partial charge in [0.2, 0.25) is 5.91 Å². The van der Waals surface area contributed by atoms with Gasteiger partial charge in [0.25, 0.3) is 5.91 Å². The molecule has 3 aromatic carbocycles. The van der Waals surface area contributed by atoms with E-state index in [1.807, 2.05) is 12.3 Å². The summed E-state index contributed by atoms with van der Waals surface area (Å²) in [6, 6.07) is 20.8. The third-order valence-corrected chi connectivity index (χ3v) is 5.04. The first kappa shape index (κ1) is 19.4. The van der Waals surface area contributed by atoms with Gasteiger partial charge in [-0.25, -0.2) is 5.48 Å². The first-order valence-corrected chi connectivity index (χ1v) is 9.55. The zero-order valence-electron chi connectivity index (χ0n) is 16.4. The van der Waals surface area contributed by atoms with Crippen molar-refractivity contribution in [2.24, 2.45) is 0 Å². The minimum Gasteiger partial charge on any atom is -0.361 e. The fourth-order valence-corrected chi connectivity index (χ4v) is 3.40. The van der Waals surface area contributed by atoms with Crippen molar-refractivity contribution in [3.8, 4) is 11.1 Å². The number of H-pyrrole nitrogens is 1. The topological polar surface area (TPSA) is 94.2 Å². The molecule has 0 saturated carbocycles. The van der Waals surface area contributed by atoms with E-state index in [0.717, 1.165) is 27.6 Å². The molecule has 0 aliphatic carbocycles. The molecule has 150 valence electrons. The fraction of sp³-hybridized carbons (Fsp3) is 0.0833. The van der Waals surface area contributed by atoms with Gasteiger partial charge in [-0.2, -0.15) is 0 Å². The number of fused-ring (bicyclic) bond motifs is 1. The molecule has 4 N–H and O–H groups in total. The molecule has 6 heteroatoms. The molecule has 4 aromatic rings. The second-order valence-electron chi connectivity index (χ2n) is 7.18. The van der Waals surface area contributed by atoms with Crippen molar-refractivity contribution in [2.45, 2.75) is 13.3 Å². The molecule has 0 bridgehead atoms. The minimum atomic E-state index is -0.601. The van der Waals surface area contributed by atoms with Crippen LogP contribution in [0.1, 0.15) is 21.5 Å². The number of aromatic nitrogens is 1. The third-order valence-electron chi connectivity index (χ3n) is 5.04. The van der Waals surface area contributed by atoms with Gasteiger partial charge in [0, 0.05) is 28.4 Å². The van der Waals surface area contributed by atoms with Crippen LogP contribution in [0.5, 0.6) is 0 Å². The van der Waals surface area contributed by atoms with Gasteiger partial charge in [0.15, 0.2) is 0 Å². The van der Waals surface area contributed by atoms with Crippen LogP contribution in [-0.2, 0) is 11.2 Å². The van der Waals surface area contributed by atoms with Crippen LogP contribution in [0.3, 0.4) is 0 Å². The summed E-state index contributed by atoms with van der Waals surface area (Å²) in [6.07, 6.45) is 2.08. The second kappa shape index (κ2) is 8.23. The standard InChI is InChI=1S/C24H21N3O3/c1-15-2-4-16(5-3-15)18-8-11-22-21(12-18)19(14-25-22)13-23(28)26-20-9-6-17(7-10-20)24(29)27-30/h2-12,14,25,30H,13H2,1H3,(H,26,28)(H,27,29). The predicted octanol–water partition coefficient (Wildman–Crippen LogP) is 4.44. The molecule has 0 aliphatic heterocycles. The number of amides is 2. The first-order valence-electron chi connectivity index (χ1n) is 9.55. The van der Waals surface area contributed by atoms with Crippen molar-refractivity contribution < 1.29 is 14.8 Å². The van der Waals surface area contributed by atoms with Gasteiger partial charge in [-0.1, -0.05) is 35.9 Å². The summed E-state index contributed by atoms with van der Waals surface area (Å²) in [5.74, 6) is -0.757. The number of hydroxylamine groups is 1. The molecule has 0 fully saturated rings. The molecule has 4 rings (SSSR count). The molecule has 0 saturated heterocycles. The Morgan fingerprint density at radius 3 is 2.33 bits per heavy atom. The predicted molar refractivity (Wildman–Crippen MR) is 117 cm³/mol. The highest BCUT2D eigenvalue weighted by molar-refractivity contribution is 5.98. The quantitative estimate of drug-likeness (QED) is 0.295. The highest BCUT2D eigenvalue weighted by Gasteiger charge is 2.11. The molecule has 2 amide bonds. The van der Waals surface area contributed by atoms with E-state index < -0.39 is 5.91 Å². The zero-order valence-corrected chi connectivity index (χ0v) is 16.4. The van der Waals surface area contributed by atoms with Crippen LogP contribution >= 0.6 is 0 Å². The third kappa shape index (κ3) is 4.09. The molecule has 0 aliphatic rings. The van der Waals surface area contributed by atoms with Gasteiger partial charge >= 0.3 is 0 Å². The average Bonchev–Trinajstić information content (AvgIpc) is 3.16. The number of rotatable bonds is 5. The minimum absolute atomic E-state index is 0.156. The van der Waals surface area contributed by atoms with Crippen LogP contribution in [0.25, 0.3) is 22.0 Å².